The average molecular weight is 471 g/mol. The molecular weight excluding hydrogens is 435 g/mol. The number of unbranched alkanes of at least 4 members (excludes halogenated alkanes) is 10. The number of rotatable bonds is 15. The smallest absolute Gasteiger partial charge is 0.870 e. The van der Waals surface area contributed by atoms with Crippen LogP contribution in [0.1, 0.15) is 83.1 Å². The molecule has 32 heavy (non-hydrogen) atoms. The summed E-state index contributed by atoms with van der Waals surface area (Å²) in [6.07, 6.45) is 15.4. The van der Waals surface area contributed by atoms with Crippen LogP contribution in [0, 0.1) is 0 Å². The molecule has 0 amide bonds. The van der Waals surface area contributed by atoms with E-state index in [0.717, 1.165) is 18.9 Å². The van der Waals surface area contributed by atoms with Gasteiger partial charge in [-0.3, -0.25) is 4.55 Å². The topological polar surface area (TPSA) is 86.7 Å². The van der Waals surface area contributed by atoms with Gasteiger partial charge < -0.3 is 9.84 Å². The van der Waals surface area contributed by atoms with E-state index in [0.29, 0.717) is 5.75 Å². The van der Waals surface area contributed by atoms with Crippen molar-refractivity contribution in [1.82, 2.24) is 0 Å². The normalized spacial score (nSPS) is 11.2. The molecular formula is C25H35NaO5S. The van der Waals surface area contributed by atoms with Crippen LogP contribution in [0.4, 0.5) is 0 Å². The number of hydrogen-bond acceptors (Lipinski definition) is 4. The van der Waals surface area contributed by atoms with Crippen LogP contribution in [0.5, 0.6) is 17.2 Å². The second kappa shape index (κ2) is 15.7. The molecule has 0 bridgehead atoms. The summed E-state index contributed by atoms with van der Waals surface area (Å²) >= 11 is 0. The second-order valence-electron chi connectivity index (χ2n) is 8.09. The van der Waals surface area contributed by atoms with Crippen LogP contribution in [0.25, 0.3) is 0 Å². The summed E-state index contributed by atoms with van der Waals surface area (Å²) in [5.41, 5.74) is 1.17. The zero-order chi connectivity index (χ0) is 22.5. The number of ether oxygens (including phenoxy) is 1. The van der Waals surface area contributed by atoms with Crippen molar-refractivity contribution in [3.8, 4) is 17.2 Å². The quantitative estimate of drug-likeness (QED) is 0.244. The van der Waals surface area contributed by atoms with Gasteiger partial charge in [-0.25, -0.2) is 0 Å². The molecule has 0 aliphatic rings. The van der Waals surface area contributed by atoms with Crippen molar-refractivity contribution < 1.29 is 52.4 Å². The zero-order valence-corrected chi connectivity index (χ0v) is 22.3. The first-order chi connectivity index (χ1) is 14.9. The predicted molar refractivity (Wildman–Crippen MR) is 122 cm³/mol. The van der Waals surface area contributed by atoms with E-state index in [-0.39, 0.29) is 35.3 Å². The van der Waals surface area contributed by atoms with Crippen LogP contribution in [0.3, 0.4) is 0 Å². The summed E-state index contributed by atoms with van der Waals surface area (Å²) in [7, 11) is -4.54. The van der Waals surface area contributed by atoms with Gasteiger partial charge in [-0.2, -0.15) is 8.42 Å². The van der Waals surface area contributed by atoms with E-state index in [2.05, 4.69) is 6.92 Å². The van der Waals surface area contributed by atoms with Crippen molar-refractivity contribution in [1.29, 1.82) is 0 Å². The van der Waals surface area contributed by atoms with Crippen LogP contribution in [0.15, 0.2) is 47.4 Å². The Morgan fingerprint density at radius 2 is 1.34 bits per heavy atom. The Balaban J connectivity index is 0.00000512. The Bertz CT molecular complexity index is 882. The average Bonchev–Trinajstić information content (AvgIpc) is 2.74. The first kappa shape index (κ1) is 29.0. The molecule has 0 aliphatic heterocycles. The Morgan fingerprint density at radius 1 is 0.812 bits per heavy atom. The maximum atomic E-state index is 12.0. The molecule has 0 heterocycles. The molecule has 0 radical (unpaired) electrons. The van der Waals surface area contributed by atoms with E-state index < -0.39 is 20.8 Å². The molecule has 5 nitrogen and oxygen atoms in total. The van der Waals surface area contributed by atoms with Gasteiger partial charge in [-0.15, -0.1) is 0 Å². The summed E-state index contributed by atoms with van der Waals surface area (Å²) in [6, 6.07) is 10.9. The van der Waals surface area contributed by atoms with Gasteiger partial charge in [0.2, 0.25) is 0 Å². The van der Waals surface area contributed by atoms with E-state index in [9.17, 15) is 18.1 Å². The van der Waals surface area contributed by atoms with Crippen molar-refractivity contribution in [2.45, 2.75) is 88.9 Å². The summed E-state index contributed by atoms with van der Waals surface area (Å²) in [5.74, 6) is -0.626. The first-order valence-corrected chi connectivity index (χ1v) is 12.9. The fourth-order valence-corrected chi connectivity index (χ4v) is 4.26. The third kappa shape index (κ3) is 10.7. The predicted octanol–water partition coefficient (Wildman–Crippen LogP) is 3.66. The molecule has 2 aromatic rings. The van der Waals surface area contributed by atoms with Gasteiger partial charge in [-0.05, 0) is 36.6 Å². The van der Waals surface area contributed by atoms with Gasteiger partial charge in [0, 0.05) is 0 Å². The van der Waals surface area contributed by atoms with E-state index in [1.807, 2.05) is 12.1 Å². The minimum atomic E-state index is -4.54. The van der Waals surface area contributed by atoms with Gasteiger partial charge >= 0.3 is 29.6 Å². The van der Waals surface area contributed by atoms with E-state index >= 15 is 0 Å². The van der Waals surface area contributed by atoms with E-state index in [1.54, 1.807) is 12.1 Å². The molecule has 7 heteroatoms. The monoisotopic (exact) mass is 470 g/mol. The van der Waals surface area contributed by atoms with Crippen molar-refractivity contribution in [2.24, 2.45) is 0 Å². The minimum Gasteiger partial charge on any atom is -0.870 e. The molecule has 1 N–H and O–H groups in total. The molecule has 0 fully saturated rings. The van der Waals surface area contributed by atoms with Crippen LogP contribution in [0.2, 0.25) is 0 Å². The van der Waals surface area contributed by atoms with Gasteiger partial charge in [-0.1, -0.05) is 101 Å². The molecule has 2 rings (SSSR count). The fourth-order valence-electron chi connectivity index (χ4n) is 3.63. The summed E-state index contributed by atoms with van der Waals surface area (Å²) in [5, 5.41) is 12.0. The maximum absolute atomic E-state index is 12.0. The van der Waals surface area contributed by atoms with Crippen molar-refractivity contribution in [2.75, 3.05) is 0 Å². The molecule has 0 saturated heterocycles. The fraction of sp³-hybridized carbons (Fsp3) is 0.520. The number of hydrogen-bond donors (Lipinski definition) is 1. The third-order valence-corrected chi connectivity index (χ3v) is 6.31. The zero-order valence-electron chi connectivity index (χ0n) is 19.5. The second-order valence-corrected chi connectivity index (χ2v) is 9.48. The number of aryl methyl sites for hydroxylation is 1. The summed E-state index contributed by atoms with van der Waals surface area (Å²) in [4.78, 5) is -0.523. The Kier molecular flexibility index (Phi) is 14.2. The van der Waals surface area contributed by atoms with Gasteiger partial charge in [0.1, 0.15) is 16.4 Å². The number of benzene rings is 2. The standard InChI is InChI=1S/C25H36O5S.Na/c1-2-3-4-5-6-7-8-9-10-11-12-14-21-17-19-22(20-18-21)30-25-23(26)15-13-16-24(25)31(27,28)29;/h13,15-20,26H,2-12,14H2,1H3,(H,27,28,29);/q;+1/p-1. The van der Waals surface area contributed by atoms with Crippen LogP contribution in [-0.2, 0) is 16.5 Å². The molecule has 2 aromatic carbocycles. The number of para-hydroxylation sites is 1. The molecule has 0 spiro atoms. The Hall–Kier alpha value is -1.05. The summed E-state index contributed by atoms with van der Waals surface area (Å²) < 4.78 is 37.7. The minimum absolute atomic E-state index is 0. The molecule has 0 atom stereocenters. The third-order valence-electron chi connectivity index (χ3n) is 5.43. The van der Waals surface area contributed by atoms with Gasteiger partial charge in [0.05, 0.1) is 0 Å². The SMILES string of the molecule is CCCCCCCCCCCCCc1ccc(Oc2c([O-])cccc2S(=O)(=O)O)cc1.[Na+]. The van der Waals surface area contributed by atoms with Gasteiger partial charge in [0.15, 0.2) is 0 Å². The molecule has 0 aliphatic carbocycles. The van der Waals surface area contributed by atoms with Crippen molar-refractivity contribution in [3.05, 3.63) is 48.0 Å². The molecule has 0 aromatic heterocycles. The largest absolute Gasteiger partial charge is 1.00 e. The van der Waals surface area contributed by atoms with E-state index in [1.165, 1.54) is 81.9 Å². The maximum Gasteiger partial charge on any atom is 1.00 e. The Labute approximate surface area is 215 Å². The van der Waals surface area contributed by atoms with Crippen molar-refractivity contribution >= 4 is 10.1 Å². The molecule has 0 unspecified atom stereocenters. The Morgan fingerprint density at radius 3 is 1.88 bits per heavy atom. The molecule has 0 saturated carbocycles. The molecule has 172 valence electrons. The van der Waals surface area contributed by atoms with Crippen LogP contribution < -0.4 is 39.4 Å². The van der Waals surface area contributed by atoms with Crippen LogP contribution >= 0.6 is 0 Å². The summed E-state index contributed by atoms with van der Waals surface area (Å²) in [6.45, 7) is 2.25. The van der Waals surface area contributed by atoms with Gasteiger partial charge in [0.25, 0.3) is 10.1 Å². The van der Waals surface area contributed by atoms with Crippen molar-refractivity contribution in [3.63, 3.8) is 0 Å². The van der Waals surface area contributed by atoms with E-state index in [4.69, 9.17) is 4.74 Å². The van der Waals surface area contributed by atoms with Crippen LogP contribution in [-0.4, -0.2) is 13.0 Å². The first-order valence-electron chi connectivity index (χ1n) is 11.5.